The second kappa shape index (κ2) is 8.01. The van der Waals surface area contributed by atoms with Crippen LogP contribution in [0.4, 0.5) is 17.6 Å². The van der Waals surface area contributed by atoms with Crippen LogP contribution < -0.4 is 24.0 Å². The van der Waals surface area contributed by atoms with Crippen LogP contribution >= 0.6 is 0 Å². The van der Waals surface area contributed by atoms with Gasteiger partial charge >= 0.3 is 31.0 Å². The van der Waals surface area contributed by atoms with Crippen molar-refractivity contribution in [1.29, 1.82) is 0 Å². The monoisotopic (exact) mass is 312 g/mol. The topological polar surface area (TPSA) is 66.4 Å². The number of benzene rings is 1. The third-order valence-electron chi connectivity index (χ3n) is 2.25. The summed E-state index contributed by atoms with van der Waals surface area (Å²) in [5.41, 5.74) is -2.07. The van der Waals surface area contributed by atoms with Gasteiger partial charge in [0.25, 0.3) is 5.78 Å². The standard InChI is InChI=1S/C13H10F4O4.Li/c1-2-21-12(20)11(19)6-10(18)7-3-8(13(15,16)17)5-9(14)4-7;/h3-6,18H,2H2,1H3;/q;+1/p-1/b10-6+;. The molecule has 0 aliphatic heterocycles. The Hall–Kier alpha value is -1.78. The molecular weight excluding hydrogens is 303 g/mol. The second-order valence-corrected chi connectivity index (χ2v) is 3.82. The first kappa shape index (κ1) is 20.2. The van der Waals surface area contributed by atoms with Gasteiger partial charge in [-0.1, -0.05) is 5.76 Å². The smallest absolute Gasteiger partial charge is 0.872 e. The largest absolute Gasteiger partial charge is 1.00 e. The maximum Gasteiger partial charge on any atom is 1.00 e. The molecular formula is C13H9F4LiO4. The van der Waals surface area contributed by atoms with Crippen molar-refractivity contribution in [2.45, 2.75) is 13.1 Å². The number of hydrogen-bond donors (Lipinski definition) is 0. The first-order valence-corrected chi connectivity index (χ1v) is 5.63. The number of esters is 1. The molecule has 0 N–H and O–H groups in total. The summed E-state index contributed by atoms with van der Waals surface area (Å²) in [5.74, 6) is -5.17. The molecule has 0 heterocycles. The van der Waals surface area contributed by atoms with Crippen LogP contribution in [0.1, 0.15) is 18.1 Å². The van der Waals surface area contributed by atoms with Crippen molar-refractivity contribution in [2.24, 2.45) is 0 Å². The van der Waals surface area contributed by atoms with E-state index in [1.807, 2.05) is 0 Å². The quantitative estimate of drug-likeness (QED) is 0.173. The summed E-state index contributed by atoms with van der Waals surface area (Å²) in [5, 5.41) is 11.6. The molecule has 0 aliphatic carbocycles. The summed E-state index contributed by atoms with van der Waals surface area (Å²) < 4.78 is 54.8. The molecule has 22 heavy (non-hydrogen) atoms. The summed E-state index contributed by atoms with van der Waals surface area (Å²) in [4.78, 5) is 22.2. The number of carbonyl (C=O) groups is 2. The molecule has 0 saturated carbocycles. The Morgan fingerprint density at radius 3 is 2.36 bits per heavy atom. The number of hydrogen-bond acceptors (Lipinski definition) is 4. The summed E-state index contributed by atoms with van der Waals surface area (Å²) >= 11 is 0. The fourth-order valence-electron chi connectivity index (χ4n) is 1.36. The van der Waals surface area contributed by atoms with E-state index < -0.39 is 40.6 Å². The maximum atomic E-state index is 13.1. The normalized spacial score (nSPS) is 11.6. The average Bonchev–Trinajstić information content (AvgIpc) is 2.37. The molecule has 1 rings (SSSR count). The molecule has 0 spiro atoms. The molecule has 9 heteroatoms. The van der Waals surface area contributed by atoms with E-state index in [4.69, 9.17) is 0 Å². The van der Waals surface area contributed by atoms with Crippen LogP contribution in [0.25, 0.3) is 5.76 Å². The summed E-state index contributed by atoms with van der Waals surface area (Å²) in [6.45, 7) is 1.32. The Bertz CT molecular complexity index is 596. The van der Waals surface area contributed by atoms with Crippen LogP contribution in [0.3, 0.4) is 0 Å². The van der Waals surface area contributed by atoms with Gasteiger partial charge in [-0.25, -0.2) is 9.18 Å². The van der Waals surface area contributed by atoms with Crippen LogP contribution in [-0.2, 0) is 20.5 Å². The molecule has 0 fully saturated rings. The Morgan fingerprint density at radius 2 is 1.86 bits per heavy atom. The molecule has 0 atom stereocenters. The van der Waals surface area contributed by atoms with E-state index in [0.717, 1.165) is 0 Å². The van der Waals surface area contributed by atoms with Gasteiger partial charge in [-0.05, 0) is 36.8 Å². The molecule has 0 radical (unpaired) electrons. The van der Waals surface area contributed by atoms with Crippen LogP contribution in [0.15, 0.2) is 24.3 Å². The van der Waals surface area contributed by atoms with Gasteiger partial charge in [-0.2, -0.15) is 13.2 Å². The van der Waals surface area contributed by atoms with Crippen molar-refractivity contribution in [3.8, 4) is 0 Å². The minimum absolute atomic E-state index is 0. The predicted molar refractivity (Wildman–Crippen MR) is 61.0 cm³/mol. The molecule has 4 nitrogen and oxygen atoms in total. The van der Waals surface area contributed by atoms with Crippen molar-refractivity contribution in [1.82, 2.24) is 0 Å². The first-order valence-electron chi connectivity index (χ1n) is 5.63. The second-order valence-electron chi connectivity index (χ2n) is 3.82. The van der Waals surface area contributed by atoms with E-state index in [0.29, 0.717) is 12.1 Å². The molecule has 0 bridgehead atoms. The Morgan fingerprint density at radius 1 is 1.27 bits per heavy atom. The zero-order chi connectivity index (χ0) is 16.2. The fourth-order valence-corrected chi connectivity index (χ4v) is 1.36. The third kappa shape index (κ3) is 5.54. The van der Waals surface area contributed by atoms with Gasteiger partial charge in [-0.3, -0.25) is 4.79 Å². The van der Waals surface area contributed by atoms with E-state index in [9.17, 15) is 32.3 Å². The summed E-state index contributed by atoms with van der Waals surface area (Å²) in [7, 11) is 0. The third-order valence-corrected chi connectivity index (χ3v) is 2.25. The maximum absolute atomic E-state index is 13.1. The van der Waals surface area contributed by atoms with Gasteiger partial charge in [-0.15, -0.1) is 0 Å². The number of halogens is 4. The van der Waals surface area contributed by atoms with Crippen molar-refractivity contribution in [2.75, 3.05) is 6.61 Å². The molecule has 0 aromatic heterocycles. The molecule has 0 saturated heterocycles. The molecule has 0 unspecified atom stereocenters. The number of ketones is 1. The van der Waals surface area contributed by atoms with Crippen LogP contribution in [0.5, 0.6) is 0 Å². The number of carbonyl (C=O) groups excluding carboxylic acids is 2. The zero-order valence-corrected chi connectivity index (χ0v) is 11.7. The molecule has 1 aromatic rings. The number of ether oxygens (including phenoxy) is 1. The van der Waals surface area contributed by atoms with Crippen LogP contribution in [0, 0.1) is 5.82 Å². The molecule has 1 aromatic carbocycles. The van der Waals surface area contributed by atoms with Crippen molar-refractivity contribution >= 4 is 17.5 Å². The van der Waals surface area contributed by atoms with Gasteiger partial charge in [0.05, 0.1) is 12.2 Å². The molecule has 114 valence electrons. The van der Waals surface area contributed by atoms with Gasteiger partial charge in [0.1, 0.15) is 5.82 Å². The first-order chi connectivity index (χ1) is 9.65. The van der Waals surface area contributed by atoms with E-state index in [1.165, 1.54) is 6.92 Å². The molecule has 0 aliphatic rings. The van der Waals surface area contributed by atoms with Gasteiger partial charge in [0, 0.05) is 0 Å². The van der Waals surface area contributed by atoms with Crippen molar-refractivity contribution < 1.29 is 55.9 Å². The van der Waals surface area contributed by atoms with Crippen LogP contribution in [0.2, 0.25) is 0 Å². The number of rotatable bonds is 4. The Labute approximate surface area is 134 Å². The van der Waals surface area contributed by atoms with E-state index in [-0.39, 0.29) is 37.6 Å². The number of alkyl halides is 3. The van der Waals surface area contributed by atoms with E-state index in [2.05, 4.69) is 4.74 Å². The van der Waals surface area contributed by atoms with Crippen molar-refractivity contribution in [3.05, 3.63) is 41.2 Å². The summed E-state index contributed by atoms with van der Waals surface area (Å²) in [6.07, 6.45) is -4.59. The van der Waals surface area contributed by atoms with Gasteiger partial charge in [0.15, 0.2) is 0 Å². The van der Waals surface area contributed by atoms with E-state index in [1.54, 1.807) is 0 Å². The SMILES string of the molecule is CCOC(=O)C(=O)/C=C(/[O-])c1cc(F)cc(C(F)(F)F)c1.[Li+]. The Kier molecular flexibility index (Phi) is 7.36. The van der Waals surface area contributed by atoms with Crippen molar-refractivity contribution in [3.63, 3.8) is 0 Å². The average molecular weight is 312 g/mol. The van der Waals surface area contributed by atoms with Gasteiger partial charge in [0.2, 0.25) is 0 Å². The molecule has 0 amide bonds. The van der Waals surface area contributed by atoms with Gasteiger partial charge < -0.3 is 9.84 Å². The Balaban J connectivity index is 0.00000441. The predicted octanol–water partition coefficient (Wildman–Crippen LogP) is -1.32. The zero-order valence-electron chi connectivity index (χ0n) is 11.7. The fraction of sp³-hybridized carbons (Fsp3) is 0.231. The van der Waals surface area contributed by atoms with Crippen LogP contribution in [-0.4, -0.2) is 18.4 Å². The van der Waals surface area contributed by atoms with E-state index >= 15 is 0 Å². The minimum Gasteiger partial charge on any atom is -0.872 e. The summed E-state index contributed by atoms with van der Waals surface area (Å²) in [6, 6.07) is 1.14. The minimum atomic E-state index is -4.84.